The highest BCUT2D eigenvalue weighted by Crippen LogP contribution is 2.29. The van der Waals surface area contributed by atoms with Gasteiger partial charge in [0.1, 0.15) is 0 Å². The fourth-order valence-corrected chi connectivity index (χ4v) is 3.86. The van der Waals surface area contributed by atoms with Gasteiger partial charge in [0.15, 0.2) is 0 Å². The van der Waals surface area contributed by atoms with Gasteiger partial charge < -0.3 is 15.1 Å². The highest BCUT2D eigenvalue weighted by atomic mass is 32.2. The zero-order valence-corrected chi connectivity index (χ0v) is 15.9. The van der Waals surface area contributed by atoms with E-state index in [-0.39, 0.29) is 6.03 Å². The molecule has 0 unspecified atom stereocenters. The van der Waals surface area contributed by atoms with E-state index in [1.54, 1.807) is 11.8 Å². The van der Waals surface area contributed by atoms with Gasteiger partial charge in [0.25, 0.3) is 0 Å². The molecule has 5 heteroatoms. The average Bonchev–Trinajstić information content (AvgIpc) is 2.65. The first-order valence-electron chi connectivity index (χ1n) is 8.60. The van der Waals surface area contributed by atoms with Crippen LogP contribution in [0.4, 0.5) is 16.2 Å². The Balaban J connectivity index is 1.63. The number of para-hydroxylation sites is 2. The number of benzene rings is 2. The number of carbonyl (C=O) groups excluding carboxylic acids is 1. The molecular weight excluding hydrogens is 330 g/mol. The summed E-state index contributed by atoms with van der Waals surface area (Å²) in [5, 5.41) is 3.09. The van der Waals surface area contributed by atoms with Crippen molar-refractivity contribution in [3.8, 4) is 0 Å². The summed E-state index contributed by atoms with van der Waals surface area (Å²) < 4.78 is 0. The van der Waals surface area contributed by atoms with Crippen molar-refractivity contribution in [1.29, 1.82) is 0 Å². The number of hydrogen-bond acceptors (Lipinski definition) is 3. The molecule has 0 radical (unpaired) electrons. The molecule has 0 atom stereocenters. The number of urea groups is 1. The molecule has 0 aromatic heterocycles. The van der Waals surface area contributed by atoms with Gasteiger partial charge in [-0.2, -0.15) is 0 Å². The molecule has 2 aromatic rings. The normalized spacial score (nSPS) is 14.5. The molecule has 1 heterocycles. The second kappa shape index (κ2) is 7.83. The number of piperazine rings is 1. The summed E-state index contributed by atoms with van der Waals surface area (Å²) in [7, 11) is 0. The number of nitrogens with zero attached hydrogens (tertiary/aromatic N) is 2. The zero-order valence-electron chi connectivity index (χ0n) is 15.1. The van der Waals surface area contributed by atoms with Crippen LogP contribution in [0.15, 0.2) is 47.4 Å². The van der Waals surface area contributed by atoms with E-state index in [4.69, 9.17) is 0 Å². The molecule has 2 aromatic carbocycles. The maximum Gasteiger partial charge on any atom is 0.321 e. The number of hydrogen-bond donors (Lipinski definition) is 1. The van der Waals surface area contributed by atoms with Crippen molar-refractivity contribution in [2.75, 3.05) is 42.7 Å². The average molecular weight is 356 g/mol. The molecule has 132 valence electrons. The Bertz CT molecular complexity index is 734. The Morgan fingerprint density at radius 3 is 2.24 bits per heavy atom. The van der Waals surface area contributed by atoms with Crippen LogP contribution in [0.25, 0.3) is 0 Å². The van der Waals surface area contributed by atoms with Crippen LogP contribution in [0.5, 0.6) is 0 Å². The predicted octanol–water partition coefficient (Wildman–Crippen LogP) is 4.38. The van der Waals surface area contributed by atoms with Crippen LogP contribution in [-0.4, -0.2) is 43.4 Å². The van der Waals surface area contributed by atoms with Gasteiger partial charge in [-0.3, -0.25) is 0 Å². The lowest BCUT2D eigenvalue weighted by Crippen LogP contribution is -2.50. The third-order valence-corrected chi connectivity index (χ3v) is 5.49. The molecule has 0 aliphatic carbocycles. The van der Waals surface area contributed by atoms with Crippen molar-refractivity contribution in [3.63, 3.8) is 0 Å². The number of amides is 2. The largest absolute Gasteiger partial charge is 0.367 e. The number of thioether (sulfide) groups is 1. The van der Waals surface area contributed by atoms with E-state index in [2.05, 4.69) is 40.7 Å². The lowest BCUT2D eigenvalue weighted by atomic mass is 10.1. The Morgan fingerprint density at radius 2 is 1.60 bits per heavy atom. The van der Waals surface area contributed by atoms with E-state index in [1.807, 2.05) is 36.9 Å². The highest BCUT2D eigenvalue weighted by molar-refractivity contribution is 7.98. The fourth-order valence-electron chi connectivity index (χ4n) is 3.24. The standard InChI is InChI=1S/C20H25N3OS/c1-15-7-6-8-16(2)19(15)21-20(24)23-13-11-22(12-14-23)17-9-4-5-10-18(17)25-3/h4-10H,11-14H2,1-3H3,(H,21,24). The van der Waals surface area contributed by atoms with Crippen LogP contribution in [0.1, 0.15) is 11.1 Å². The smallest absolute Gasteiger partial charge is 0.321 e. The molecule has 4 nitrogen and oxygen atoms in total. The van der Waals surface area contributed by atoms with Gasteiger partial charge >= 0.3 is 6.03 Å². The van der Waals surface area contributed by atoms with Gasteiger partial charge in [-0.15, -0.1) is 11.8 Å². The molecule has 25 heavy (non-hydrogen) atoms. The van der Waals surface area contributed by atoms with Crippen molar-refractivity contribution in [1.82, 2.24) is 4.90 Å². The van der Waals surface area contributed by atoms with E-state index >= 15 is 0 Å². The van der Waals surface area contributed by atoms with Crippen LogP contribution < -0.4 is 10.2 Å². The zero-order chi connectivity index (χ0) is 17.8. The lowest BCUT2D eigenvalue weighted by molar-refractivity contribution is 0.208. The van der Waals surface area contributed by atoms with Crippen molar-refractivity contribution >= 4 is 29.2 Å². The van der Waals surface area contributed by atoms with Gasteiger partial charge in [-0.05, 0) is 43.4 Å². The third kappa shape index (κ3) is 3.93. The molecule has 1 saturated heterocycles. The predicted molar refractivity (Wildman–Crippen MR) is 107 cm³/mol. The maximum absolute atomic E-state index is 12.6. The number of aryl methyl sites for hydroxylation is 2. The first kappa shape index (κ1) is 17.7. The summed E-state index contributed by atoms with van der Waals surface area (Å²) in [5.74, 6) is 0. The molecule has 1 aliphatic heterocycles. The lowest BCUT2D eigenvalue weighted by Gasteiger charge is -2.37. The third-order valence-electron chi connectivity index (χ3n) is 4.71. The molecule has 0 spiro atoms. The fraction of sp³-hybridized carbons (Fsp3) is 0.350. The molecule has 1 N–H and O–H groups in total. The van der Waals surface area contributed by atoms with Crippen molar-refractivity contribution < 1.29 is 4.79 Å². The number of nitrogens with one attached hydrogen (secondary N) is 1. The second-order valence-electron chi connectivity index (χ2n) is 6.34. The minimum Gasteiger partial charge on any atom is -0.367 e. The molecule has 2 amide bonds. The summed E-state index contributed by atoms with van der Waals surface area (Å²) in [6, 6.07) is 14.5. The Morgan fingerprint density at radius 1 is 0.960 bits per heavy atom. The topological polar surface area (TPSA) is 35.6 Å². The Labute approximate surface area is 154 Å². The number of carbonyl (C=O) groups is 1. The summed E-state index contributed by atoms with van der Waals surface area (Å²) in [4.78, 5) is 18.2. The minimum atomic E-state index is -0.00444. The van der Waals surface area contributed by atoms with Crippen molar-refractivity contribution in [3.05, 3.63) is 53.6 Å². The molecule has 0 saturated carbocycles. The van der Waals surface area contributed by atoms with Gasteiger partial charge in [-0.1, -0.05) is 30.3 Å². The van der Waals surface area contributed by atoms with Crippen LogP contribution >= 0.6 is 11.8 Å². The highest BCUT2D eigenvalue weighted by Gasteiger charge is 2.23. The Hall–Kier alpha value is -2.14. The van der Waals surface area contributed by atoms with Crippen LogP contribution in [0.3, 0.4) is 0 Å². The number of rotatable bonds is 3. The van der Waals surface area contributed by atoms with Gasteiger partial charge in [-0.25, -0.2) is 4.79 Å². The van der Waals surface area contributed by atoms with E-state index < -0.39 is 0 Å². The van der Waals surface area contributed by atoms with E-state index in [0.717, 1.165) is 43.0 Å². The molecule has 3 rings (SSSR count). The van der Waals surface area contributed by atoms with E-state index in [1.165, 1.54) is 10.6 Å². The molecular formula is C20H25N3OS. The summed E-state index contributed by atoms with van der Waals surface area (Å²) >= 11 is 1.77. The summed E-state index contributed by atoms with van der Waals surface area (Å²) in [6.07, 6.45) is 2.10. The first-order chi connectivity index (χ1) is 12.1. The maximum atomic E-state index is 12.6. The van der Waals surface area contributed by atoms with Gasteiger partial charge in [0.2, 0.25) is 0 Å². The summed E-state index contributed by atoms with van der Waals surface area (Å²) in [6.45, 7) is 7.24. The molecule has 1 fully saturated rings. The molecule has 1 aliphatic rings. The minimum absolute atomic E-state index is 0.00444. The van der Waals surface area contributed by atoms with Crippen molar-refractivity contribution in [2.24, 2.45) is 0 Å². The van der Waals surface area contributed by atoms with E-state index in [0.29, 0.717) is 0 Å². The Kier molecular flexibility index (Phi) is 5.53. The van der Waals surface area contributed by atoms with Gasteiger partial charge in [0, 0.05) is 36.8 Å². The quantitative estimate of drug-likeness (QED) is 0.830. The van der Waals surface area contributed by atoms with Crippen LogP contribution in [0, 0.1) is 13.8 Å². The van der Waals surface area contributed by atoms with Crippen molar-refractivity contribution in [2.45, 2.75) is 18.7 Å². The molecule has 0 bridgehead atoms. The van der Waals surface area contributed by atoms with Crippen LogP contribution in [0.2, 0.25) is 0 Å². The van der Waals surface area contributed by atoms with Gasteiger partial charge in [0.05, 0.1) is 5.69 Å². The van der Waals surface area contributed by atoms with Crippen LogP contribution in [-0.2, 0) is 0 Å². The SMILES string of the molecule is CSc1ccccc1N1CCN(C(=O)Nc2c(C)cccc2C)CC1. The summed E-state index contributed by atoms with van der Waals surface area (Å²) in [5.41, 5.74) is 4.40. The number of anilines is 2. The van der Waals surface area contributed by atoms with E-state index in [9.17, 15) is 4.79 Å². The second-order valence-corrected chi connectivity index (χ2v) is 7.19. The first-order valence-corrected chi connectivity index (χ1v) is 9.82. The monoisotopic (exact) mass is 355 g/mol.